The number of hydrogen-bond acceptors (Lipinski definition) is 4. The first-order valence-electron chi connectivity index (χ1n) is 6.93. The van der Waals surface area contributed by atoms with Crippen LogP contribution in [0.2, 0.25) is 0 Å². The van der Waals surface area contributed by atoms with Crippen LogP contribution < -0.4 is 0 Å². The van der Waals surface area contributed by atoms with Crippen LogP contribution in [0.3, 0.4) is 0 Å². The van der Waals surface area contributed by atoms with E-state index in [0.717, 1.165) is 44.1 Å². The Morgan fingerprint density at radius 1 is 0.789 bits per heavy atom. The highest BCUT2D eigenvalue weighted by atomic mass is 16.7. The number of phenols is 1. The van der Waals surface area contributed by atoms with E-state index in [1.807, 2.05) is 18.2 Å². The molecule has 0 atom stereocenters. The molecule has 0 aliphatic heterocycles. The molecule has 0 saturated heterocycles. The molecule has 0 unspecified atom stereocenters. The van der Waals surface area contributed by atoms with E-state index in [-0.39, 0.29) is 6.42 Å². The fraction of sp³-hybridized carbons (Fsp3) is 0.600. The average Bonchev–Trinajstić information content (AvgIpc) is 2.33. The number of rotatable bonds is 9. The predicted molar refractivity (Wildman–Crippen MR) is 73.5 cm³/mol. The summed E-state index contributed by atoms with van der Waals surface area (Å²) in [5.74, 6) is -2.14. The van der Waals surface area contributed by atoms with Crippen molar-refractivity contribution in [2.75, 3.05) is 0 Å². The zero-order chi connectivity index (χ0) is 14.1. The minimum atomic E-state index is -2.51. The van der Waals surface area contributed by atoms with Crippen LogP contribution in [0.5, 0.6) is 5.75 Å². The molecule has 4 nitrogen and oxygen atoms in total. The lowest BCUT2D eigenvalue weighted by Gasteiger charge is -2.12. The van der Waals surface area contributed by atoms with Crippen LogP contribution in [0.4, 0.5) is 0 Å². The zero-order valence-corrected chi connectivity index (χ0v) is 11.3. The number of para-hydroxylation sites is 1. The summed E-state index contributed by atoms with van der Waals surface area (Å²) >= 11 is 0. The number of hydrogen-bond donors (Lipinski definition) is 4. The third kappa shape index (κ3) is 7.82. The molecule has 4 heteroatoms. The summed E-state index contributed by atoms with van der Waals surface area (Å²) in [7, 11) is 0. The number of phenolic OH excluding ortho intramolecular Hbond substituents is 1. The van der Waals surface area contributed by atoms with Crippen LogP contribution in [0.15, 0.2) is 24.3 Å². The molecule has 1 aromatic rings. The van der Waals surface area contributed by atoms with Crippen molar-refractivity contribution in [2.24, 2.45) is 0 Å². The monoisotopic (exact) mass is 268 g/mol. The molecule has 0 fully saturated rings. The first-order valence-corrected chi connectivity index (χ1v) is 6.93. The highest BCUT2D eigenvalue weighted by Crippen LogP contribution is 2.19. The molecule has 4 N–H and O–H groups in total. The van der Waals surface area contributed by atoms with Crippen molar-refractivity contribution in [3.05, 3.63) is 29.8 Å². The lowest BCUT2D eigenvalue weighted by molar-refractivity contribution is -0.315. The van der Waals surface area contributed by atoms with E-state index in [2.05, 4.69) is 0 Å². The van der Waals surface area contributed by atoms with E-state index in [4.69, 9.17) is 15.3 Å². The maximum absolute atomic E-state index is 9.59. The molecule has 0 radical (unpaired) electrons. The van der Waals surface area contributed by atoms with E-state index < -0.39 is 5.97 Å². The smallest absolute Gasteiger partial charge is 0.275 e. The Bertz CT molecular complexity index is 357. The summed E-state index contributed by atoms with van der Waals surface area (Å²) in [5.41, 5.74) is 0.994. The van der Waals surface area contributed by atoms with Gasteiger partial charge in [-0.05, 0) is 30.9 Å². The van der Waals surface area contributed by atoms with Crippen LogP contribution in [-0.2, 0) is 6.42 Å². The molecule has 0 bridgehead atoms. The van der Waals surface area contributed by atoms with Gasteiger partial charge >= 0.3 is 0 Å². The largest absolute Gasteiger partial charge is 0.508 e. The van der Waals surface area contributed by atoms with Crippen molar-refractivity contribution in [2.45, 2.75) is 57.3 Å². The molecule has 1 rings (SSSR count). The summed E-state index contributed by atoms with van der Waals surface area (Å²) in [5, 5.41) is 35.7. The topological polar surface area (TPSA) is 80.9 Å². The SMILES string of the molecule is Oc1ccccc1CCCCCCCCC(O)(O)O. The lowest BCUT2D eigenvalue weighted by Crippen LogP contribution is -2.26. The number of unbranched alkanes of at least 4 members (excludes halogenated alkanes) is 5. The molecule has 0 amide bonds. The van der Waals surface area contributed by atoms with Gasteiger partial charge < -0.3 is 20.4 Å². The molecule has 0 aliphatic carbocycles. The Kier molecular flexibility index (Phi) is 6.84. The molecule has 0 saturated carbocycles. The van der Waals surface area contributed by atoms with Gasteiger partial charge in [0.15, 0.2) is 0 Å². The number of aromatic hydroxyl groups is 1. The minimum absolute atomic E-state index is 0.00485. The molecule has 19 heavy (non-hydrogen) atoms. The van der Waals surface area contributed by atoms with Gasteiger partial charge in [0.1, 0.15) is 5.75 Å². The van der Waals surface area contributed by atoms with Crippen molar-refractivity contribution in [1.82, 2.24) is 0 Å². The van der Waals surface area contributed by atoms with Gasteiger partial charge in [0.2, 0.25) is 0 Å². The Morgan fingerprint density at radius 3 is 2.00 bits per heavy atom. The Labute approximate surface area is 114 Å². The molecule has 0 aliphatic rings. The second-order valence-corrected chi connectivity index (χ2v) is 5.02. The van der Waals surface area contributed by atoms with Crippen LogP contribution in [0, 0.1) is 0 Å². The molecule has 0 spiro atoms. The number of benzene rings is 1. The molecule has 108 valence electrons. The summed E-state index contributed by atoms with van der Waals surface area (Å²) in [6.45, 7) is 0. The first-order chi connectivity index (χ1) is 8.99. The van der Waals surface area contributed by atoms with E-state index in [1.165, 1.54) is 0 Å². The van der Waals surface area contributed by atoms with Crippen LogP contribution in [0.25, 0.3) is 0 Å². The van der Waals surface area contributed by atoms with E-state index in [1.54, 1.807) is 6.07 Å². The van der Waals surface area contributed by atoms with Crippen molar-refractivity contribution < 1.29 is 20.4 Å². The standard InChI is InChI=1S/C15H24O4/c16-14-11-7-6-10-13(14)9-5-3-1-2-4-8-12-15(17,18)19/h6-7,10-11,16-19H,1-5,8-9,12H2. The van der Waals surface area contributed by atoms with Gasteiger partial charge in [-0.2, -0.15) is 0 Å². The maximum atomic E-state index is 9.59. The van der Waals surface area contributed by atoms with Gasteiger partial charge in [-0.25, -0.2) is 0 Å². The minimum Gasteiger partial charge on any atom is -0.508 e. The third-order valence-electron chi connectivity index (χ3n) is 3.20. The quantitative estimate of drug-likeness (QED) is 0.409. The first kappa shape index (κ1) is 16.0. The van der Waals surface area contributed by atoms with E-state index >= 15 is 0 Å². The highest BCUT2D eigenvalue weighted by molar-refractivity contribution is 5.31. The summed E-state index contributed by atoms with van der Waals surface area (Å²) in [6, 6.07) is 7.40. The fourth-order valence-corrected chi connectivity index (χ4v) is 2.11. The second-order valence-electron chi connectivity index (χ2n) is 5.02. The Balaban J connectivity index is 1.99. The molecule has 0 heterocycles. The van der Waals surface area contributed by atoms with Gasteiger partial charge in [0.05, 0.1) is 0 Å². The van der Waals surface area contributed by atoms with Gasteiger partial charge in [-0.15, -0.1) is 0 Å². The maximum Gasteiger partial charge on any atom is 0.275 e. The second kappa shape index (κ2) is 8.15. The number of aliphatic hydroxyl groups is 3. The molecular formula is C15H24O4. The third-order valence-corrected chi connectivity index (χ3v) is 3.20. The fourth-order valence-electron chi connectivity index (χ4n) is 2.11. The normalized spacial score (nSPS) is 11.7. The molecule has 0 aromatic heterocycles. The zero-order valence-electron chi connectivity index (χ0n) is 11.3. The predicted octanol–water partition coefficient (Wildman–Crippen LogP) is 2.30. The van der Waals surface area contributed by atoms with Gasteiger partial charge in [-0.1, -0.05) is 43.9 Å². The highest BCUT2D eigenvalue weighted by Gasteiger charge is 2.16. The van der Waals surface area contributed by atoms with Gasteiger partial charge in [0.25, 0.3) is 5.97 Å². The van der Waals surface area contributed by atoms with Crippen LogP contribution in [-0.4, -0.2) is 26.4 Å². The van der Waals surface area contributed by atoms with Crippen molar-refractivity contribution in [3.8, 4) is 5.75 Å². The summed E-state index contributed by atoms with van der Waals surface area (Å²) in [4.78, 5) is 0. The van der Waals surface area contributed by atoms with E-state index in [9.17, 15) is 5.11 Å². The summed E-state index contributed by atoms with van der Waals surface area (Å²) in [6.07, 6.45) is 6.64. The van der Waals surface area contributed by atoms with Gasteiger partial charge in [-0.3, -0.25) is 0 Å². The Hall–Kier alpha value is -1.10. The van der Waals surface area contributed by atoms with Crippen LogP contribution in [0.1, 0.15) is 50.5 Å². The average molecular weight is 268 g/mol. The van der Waals surface area contributed by atoms with Crippen molar-refractivity contribution >= 4 is 0 Å². The summed E-state index contributed by atoms with van der Waals surface area (Å²) < 4.78 is 0. The van der Waals surface area contributed by atoms with E-state index in [0.29, 0.717) is 12.2 Å². The molecular weight excluding hydrogens is 244 g/mol. The Morgan fingerprint density at radius 2 is 1.37 bits per heavy atom. The molecule has 1 aromatic carbocycles. The van der Waals surface area contributed by atoms with Crippen LogP contribution >= 0.6 is 0 Å². The van der Waals surface area contributed by atoms with Crippen molar-refractivity contribution in [1.29, 1.82) is 0 Å². The van der Waals surface area contributed by atoms with Gasteiger partial charge in [0, 0.05) is 6.42 Å². The number of aryl methyl sites for hydroxylation is 1. The van der Waals surface area contributed by atoms with Crippen molar-refractivity contribution in [3.63, 3.8) is 0 Å². The lowest BCUT2D eigenvalue weighted by atomic mass is 10.0.